The van der Waals surface area contributed by atoms with E-state index in [-0.39, 0.29) is 10.9 Å². The lowest BCUT2D eigenvalue weighted by molar-refractivity contribution is 0.326. The highest BCUT2D eigenvalue weighted by Gasteiger charge is 2.24. The molecule has 0 spiro atoms. The standard InChI is InChI=1S/C11H18ClN3O/c1-5-16-10-6-9(13-7-14-10)15-11(3,4)8(2)12/h6-8H,5H2,1-4H3,(H,13,14,15). The monoisotopic (exact) mass is 243 g/mol. The van der Waals surface area contributed by atoms with Crippen molar-refractivity contribution in [2.75, 3.05) is 11.9 Å². The number of alkyl halides is 1. The van der Waals surface area contributed by atoms with Gasteiger partial charge >= 0.3 is 0 Å². The summed E-state index contributed by atoms with van der Waals surface area (Å²) in [6.45, 7) is 8.49. The van der Waals surface area contributed by atoms with Crippen LogP contribution in [0, 0.1) is 0 Å². The number of halogens is 1. The van der Waals surface area contributed by atoms with Crippen LogP contribution in [0.25, 0.3) is 0 Å². The third kappa shape index (κ3) is 3.52. The predicted octanol–water partition coefficient (Wildman–Crippen LogP) is 2.69. The molecule has 5 heteroatoms. The van der Waals surface area contributed by atoms with E-state index in [0.29, 0.717) is 12.5 Å². The van der Waals surface area contributed by atoms with Crippen LogP contribution >= 0.6 is 11.6 Å². The fourth-order valence-corrected chi connectivity index (χ4v) is 1.12. The van der Waals surface area contributed by atoms with E-state index in [1.165, 1.54) is 6.33 Å². The molecule has 0 fully saturated rings. The van der Waals surface area contributed by atoms with Gasteiger partial charge in [0.25, 0.3) is 0 Å². The van der Waals surface area contributed by atoms with E-state index >= 15 is 0 Å². The molecule has 0 bridgehead atoms. The summed E-state index contributed by atoms with van der Waals surface area (Å²) in [7, 11) is 0. The molecule has 0 aliphatic rings. The van der Waals surface area contributed by atoms with E-state index in [2.05, 4.69) is 15.3 Å². The van der Waals surface area contributed by atoms with Gasteiger partial charge < -0.3 is 10.1 Å². The van der Waals surface area contributed by atoms with Crippen LogP contribution in [0.4, 0.5) is 5.82 Å². The third-order valence-electron chi connectivity index (χ3n) is 2.38. The van der Waals surface area contributed by atoms with E-state index in [4.69, 9.17) is 16.3 Å². The smallest absolute Gasteiger partial charge is 0.218 e. The van der Waals surface area contributed by atoms with Crippen LogP contribution in [-0.2, 0) is 0 Å². The second-order valence-electron chi connectivity index (χ2n) is 4.14. The highest BCUT2D eigenvalue weighted by atomic mass is 35.5. The van der Waals surface area contributed by atoms with E-state index in [9.17, 15) is 0 Å². The second kappa shape index (κ2) is 5.34. The molecule has 0 aliphatic heterocycles. The molecular weight excluding hydrogens is 226 g/mol. The Morgan fingerprint density at radius 3 is 2.75 bits per heavy atom. The number of ether oxygens (including phenoxy) is 1. The van der Waals surface area contributed by atoms with Crippen molar-refractivity contribution in [2.45, 2.75) is 38.6 Å². The van der Waals surface area contributed by atoms with Crippen LogP contribution in [0.3, 0.4) is 0 Å². The minimum Gasteiger partial charge on any atom is -0.478 e. The van der Waals surface area contributed by atoms with Gasteiger partial charge in [0.15, 0.2) is 0 Å². The summed E-state index contributed by atoms with van der Waals surface area (Å²) in [5, 5.41) is 3.24. The molecule has 16 heavy (non-hydrogen) atoms. The van der Waals surface area contributed by atoms with Gasteiger partial charge in [-0.3, -0.25) is 0 Å². The molecule has 1 aromatic rings. The van der Waals surface area contributed by atoms with Crippen LogP contribution in [0.5, 0.6) is 5.88 Å². The van der Waals surface area contributed by atoms with E-state index < -0.39 is 0 Å². The molecule has 1 N–H and O–H groups in total. The minimum atomic E-state index is -0.237. The summed E-state index contributed by atoms with van der Waals surface area (Å²) in [5.74, 6) is 1.29. The summed E-state index contributed by atoms with van der Waals surface area (Å²) in [6, 6.07) is 1.77. The number of nitrogens with zero attached hydrogens (tertiary/aromatic N) is 2. The molecule has 0 aliphatic carbocycles. The van der Waals surface area contributed by atoms with Crippen molar-refractivity contribution in [3.05, 3.63) is 12.4 Å². The second-order valence-corrected chi connectivity index (χ2v) is 4.79. The molecular formula is C11H18ClN3O. The molecule has 1 unspecified atom stereocenters. The zero-order chi connectivity index (χ0) is 12.2. The molecule has 1 heterocycles. The van der Waals surface area contributed by atoms with E-state index in [0.717, 1.165) is 5.82 Å². The van der Waals surface area contributed by atoms with Crippen LogP contribution in [0.1, 0.15) is 27.7 Å². The zero-order valence-electron chi connectivity index (χ0n) is 10.1. The van der Waals surface area contributed by atoms with Gasteiger partial charge in [-0.25, -0.2) is 9.97 Å². The average Bonchev–Trinajstić information content (AvgIpc) is 2.17. The molecule has 90 valence electrons. The molecule has 0 aromatic carbocycles. The van der Waals surface area contributed by atoms with E-state index in [1.807, 2.05) is 27.7 Å². The Morgan fingerprint density at radius 1 is 1.50 bits per heavy atom. The molecule has 1 rings (SSSR count). The first-order chi connectivity index (χ1) is 7.45. The molecule has 0 saturated heterocycles. The highest BCUT2D eigenvalue weighted by molar-refractivity contribution is 6.21. The normalized spacial score (nSPS) is 13.3. The fraction of sp³-hybridized carbons (Fsp3) is 0.636. The first-order valence-corrected chi connectivity index (χ1v) is 5.76. The Morgan fingerprint density at radius 2 is 2.19 bits per heavy atom. The molecule has 1 atom stereocenters. The predicted molar refractivity (Wildman–Crippen MR) is 66.2 cm³/mol. The maximum absolute atomic E-state index is 6.08. The number of rotatable bonds is 5. The first kappa shape index (κ1) is 13.0. The first-order valence-electron chi connectivity index (χ1n) is 5.33. The lowest BCUT2D eigenvalue weighted by Crippen LogP contribution is -2.39. The average molecular weight is 244 g/mol. The van der Waals surface area contributed by atoms with Crippen molar-refractivity contribution in [3.63, 3.8) is 0 Å². The summed E-state index contributed by atoms with van der Waals surface area (Å²) in [6.07, 6.45) is 1.47. The molecule has 0 amide bonds. The maximum atomic E-state index is 6.08. The van der Waals surface area contributed by atoms with Gasteiger partial charge in [0.1, 0.15) is 12.1 Å². The van der Waals surface area contributed by atoms with Crippen molar-refractivity contribution in [1.82, 2.24) is 9.97 Å². The van der Waals surface area contributed by atoms with E-state index in [1.54, 1.807) is 6.07 Å². The number of hydrogen-bond acceptors (Lipinski definition) is 4. The summed E-state index contributed by atoms with van der Waals surface area (Å²) < 4.78 is 5.30. The Hall–Kier alpha value is -1.03. The number of aromatic nitrogens is 2. The van der Waals surface area contributed by atoms with Crippen molar-refractivity contribution >= 4 is 17.4 Å². The van der Waals surface area contributed by atoms with Gasteiger partial charge in [0.05, 0.1) is 12.0 Å². The number of nitrogens with one attached hydrogen (secondary N) is 1. The van der Waals surface area contributed by atoms with Crippen LogP contribution in [0.15, 0.2) is 12.4 Å². The SMILES string of the molecule is CCOc1cc(NC(C)(C)C(C)Cl)ncn1. The third-order valence-corrected chi connectivity index (χ3v) is 2.92. The van der Waals surface area contributed by atoms with Crippen molar-refractivity contribution < 1.29 is 4.74 Å². The number of anilines is 1. The quantitative estimate of drug-likeness (QED) is 0.808. The highest BCUT2D eigenvalue weighted by Crippen LogP contribution is 2.21. The Labute approximate surface area is 101 Å². The maximum Gasteiger partial charge on any atom is 0.218 e. The van der Waals surface area contributed by atoms with Crippen molar-refractivity contribution in [2.24, 2.45) is 0 Å². The van der Waals surface area contributed by atoms with Gasteiger partial charge in [-0.2, -0.15) is 0 Å². The Bertz CT molecular complexity index is 342. The van der Waals surface area contributed by atoms with Gasteiger partial charge in [-0.05, 0) is 27.7 Å². The van der Waals surface area contributed by atoms with Crippen LogP contribution in [0.2, 0.25) is 0 Å². The summed E-state index contributed by atoms with van der Waals surface area (Å²) >= 11 is 6.08. The number of hydrogen-bond donors (Lipinski definition) is 1. The Kier molecular flexibility index (Phi) is 4.35. The summed E-state index contributed by atoms with van der Waals surface area (Å²) in [5.41, 5.74) is -0.237. The fourth-order valence-electron chi connectivity index (χ4n) is 1.06. The lowest BCUT2D eigenvalue weighted by Gasteiger charge is -2.29. The Balaban J connectivity index is 2.77. The largest absolute Gasteiger partial charge is 0.478 e. The minimum absolute atomic E-state index is 0.0157. The molecule has 4 nitrogen and oxygen atoms in total. The van der Waals surface area contributed by atoms with Gasteiger partial charge in [0.2, 0.25) is 5.88 Å². The van der Waals surface area contributed by atoms with Crippen LogP contribution in [-0.4, -0.2) is 27.5 Å². The van der Waals surface area contributed by atoms with Gasteiger partial charge in [0, 0.05) is 11.6 Å². The topological polar surface area (TPSA) is 47.0 Å². The van der Waals surface area contributed by atoms with Crippen molar-refractivity contribution in [1.29, 1.82) is 0 Å². The van der Waals surface area contributed by atoms with Crippen LogP contribution < -0.4 is 10.1 Å². The molecule has 0 saturated carbocycles. The lowest BCUT2D eigenvalue weighted by atomic mass is 10.0. The summed E-state index contributed by atoms with van der Waals surface area (Å²) in [4.78, 5) is 8.13. The van der Waals surface area contributed by atoms with Gasteiger partial charge in [-0.1, -0.05) is 0 Å². The molecule has 0 radical (unpaired) electrons. The molecule has 1 aromatic heterocycles. The zero-order valence-corrected chi connectivity index (χ0v) is 10.9. The van der Waals surface area contributed by atoms with Crippen molar-refractivity contribution in [3.8, 4) is 5.88 Å². The van der Waals surface area contributed by atoms with Gasteiger partial charge in [-0.15, -0.1) is 11.6 Å².